The van der Waals surface area contributed by atoms with Crippen LogP contribution < -0.4 is 0 Å². The second-order valence-electron chi connectivity index (χ2n) is 5.96. The minimum absolute atomic E-state index is 0.0694. The first kappa shape index (κ1) is 13.5. The number of aliphatic hydroxyl groups is 1. The van der Waals surface area contributed by atoms with E-state index in [4.69, 9.17) is 7.57 Å². The van der Waals surface area contributed by atoms with Gasteiger partial charge in [-0.15, -0.1) is 0 Å². The number of rotatable bonds is 3. The lowest BCUT2D eigenvalue weighted by Crippen LogP contribution is -2.31. The van der Waals surface area contributed by atoms with Crippen LogP contribution in [0.4, 0.5) is 0 Å². The van der Waals surface area contributed by atoms with Gasteiger partial charge in [-0.1, -0.05) is 20.8 Å². The van der Waals surface area contributed by atoms with E-state index in [0.29, 0.717) is 0 Å². The van der Waals surface area contributed by atoms with Crippen LogP contribution >= 0.6 is 7.14 Å². The molecule has 0 aromatic carbocycles. The smallest absolute Gasteiger partial charge is 0.106 e. The summed E-state index contributed by atoms with van der Waals surface area (Å²) in [7, 11) is 4.49. The molecule has 0 rings (SSSR count). The van der Waals surface area contributed by atoms with Crippen molar-refractivity contribution in [2.45, 2.75) is 46.2 Å². The molecule has 0 amide bonds. The van der Waals surface area contributed by atoms with E-state index in [0.717, 1.165) is 6.42 Å². The number of hydrogen-bond acceptors (Lipinski definition) is 1. The van der Waals surface area contributed by atoms with E-state index in [1.54, 1.807) is 0 Å². The molecule has 0 heterocycles. The summed E-state index contributed by atoms with van der Waals surface area (Å²) in [4.78, 5) is 0. The number of aliphatic hydroxyl groups excluding tert-OH is 1. The van der Waals surface area contributed by atoms with E-state index in [1.807, 2.05) is 6.66 Å². The minimum Gasteiger partial charge on any atom is -0.366 e. The molecule has 0 aliphatic rings. The molecule has 0 saturated carbocycles. The Hall–Kier alpha value is 0.455. The molecule has 1 unspecified atom stereocenters. The van der Waals surface area contributed by atoms with Gasteiger partial charge in [0.2, 0.25) is 0 Å². The Morgan fingerprint density at radius 1 is 1.15 bits per heavy atom. The Labute approximate surface area is 85.0 Å². The third-order valence-corrected chi connectivity index (χ3v) is 6.15. The molecule has 77 valence electrons. The van der Waals surface area contributed by atoms with Crippen molar-refractivity contribution in [1.82, 2.24) is 0 Å². The molecule has 0 aromatic rings. The summed E-state index contributed by atoms with van der Waals surface area (Å²) in [6, 6.07) is 0. The minimum atomic E-state index is -1.67. The average Bonchev–Trinajstić information content (AvgIpc) is 1.81. The summed E-state index contributed by atoms with van der Waals surface area (Å²) in [6.07, 6.45) is 1.21. The highest BCUT2D eigenvalue weighted by Crippen LogP contribution is 2.63. The number of hydrogen-bond donors (Lipinski definition) is 1. The van der Waals surface area contributed by atoms with Crippen LogP contribution in [-0.4, -0.2) is 30.8 Å². The summed E-state index contributed by atoms with van der Waals surface area (Å²) in [5.74, 6) is 0. The van der Waals surface area contributed by atoms with Gasteiger partial charge >= 0.3 is 0 Å². The monoisotopic (exact) mass is 201 g/mol. The highest BCUT2D eigenvalue weighted by atomic mass is 31.2. The molecule has 1 nitrogen and oxygen atoms in total. The summed E-state index contributed by atoms with van der Waals surface area (Å²) in [6.45, 7) is 13.0. The van der Waals surface area contributed by atoms with Crippen LogP contribution in [0.5, 0.6) is 0 Å². The average molecular weight is 201 g/mol. The van der Waals surface area contributed by atoms with Crippen LogP contribution in [0.15, 0.2) is 0 Å². The lowest BCUT2D eigenvalue weighted by molar-refractivity contribution is 0.324. The van der Waals surface area contributed by atoms with Gasteiger partial charge in [0.25, 0.3) is 0 Å². The molecule has 0 fully saturated rings. The van der Waals surface area contributed by atoms with Gasteiger partial charge in [0.1, 0.15) is 6.35 Å². The van der Waals surface area contributed by atoms with Gasteiger partial charge in [0, 0.05) is 11.8 Å². The molecule has 0 saturated heterocycles. The third kappa shape index (κ3) is 4.00. The zero-order valence-electron chi connectivity index (χ0n) is 9.89. The molecule has 0 aromatic heterocycles. The summed E-state index contributed by atoms with van der Waals surface area (Å²) >= 11 is 0. The van der Waals surface area contributed by atoms with Crippen molar-refractivity contribution < 1.29 is 5.11 Å². The first-order valence-corrected chi connectivity index (χ1v) is 7.26. The molecule has 0 bridgehead atoms. The van der Waals surface area contributed by atoms with Crippen molar-refractivity contribution in [1.29, 1.82) is 0 Å². The fraction of sp³-hybridized carbons (Fsp3) is 1.00. The molecule has 3 radical (unpaired) electrons. The molecule has 0 aliphatic carbocycles. The maximum Gasteiger partial charge on any atom is 0.106 e. The Morgan fingerprint density at radius 2 is 1.54 bits per heavy atom. The van der Waals surface area contributed by atoms with Gasteiger partial charge < -0.3 is 12.7 Å². The van der Waals surface area contributed by atoms with Crippen molar-refractivity contribution in [3.05, 3.63) is 0 Å². The molecule has 1 N–H and O–H groups in total. The molecule has 13 heavy (non-hydrogen) atoms. The SMILES string of the molecule is [B-][P+](C)(CO)C(C)(C)CC(C)(C)C. The summed E-state index contributed by atoms with van der Waals surface area (Å²) in [5, 5.41) is 9.32. The first-order valence-electron chi connectivity index (χ1n) is 4.77. The quantitative estimate of drug-likeness (QED) is 0.549. The van der Waals surface area contributed by atoms with Crippen molar-refractivity contribution in [3.8, 4) is 0 Å². The van der Waals surface area contributed by atoms with E-state index in [2.05, 4.69) is 34.6 Å². The Balaban J connectivity index is 4.58. The molecule has 0 spiro atoms. The van der Waals surface area contributed by atoms with Crippen molar-refractivity contribution in [3.63, 3.8) is 0 Å². The van der Waals surface area contributed by atoms with Crippen LogP contribution in [0.2, 0.25) is 0 Å². The zero-order valence-corrected chi connectivity index (χ0v) is 10.8. The van der Waals surface area contributed by atoms with E-state index >= 15 is 0 Å². The normalized spacial score (nSPS) is 18.5. The predicted octanol–water partition coefficient (Wildman–Crippen LogP) is 2.88. The van der Waals surface area contributed by atoms with Crippen LogP contribution in [0.1, 0.15) is 41.0 Å². The lowest BCUT2D eigenvalue weighted by Gasteiger charge is -2.48. The molecular formula is C10H23BOP. The Kier molecular flexibility index (Phi) is 4.04. The Bertz CT molecular complexity index is 170. The maximum absolute atomic E-state index is 9.25. The second-order valence-corrected chi connectivity index (χ2v) is 9.99. The molecule has 1 atom stereocenters. The molecule has 3 heteroatoms. The van der Waals surface area contributed by atoms with Crippen LogP contribution in [-0.2, 0) is 0 Å². The van der Waals surface area contributed by atoms with Gasteiger partial charge in [-0.05, 0) is 25.7 Å². The fourth-order valence-corrected chi connectivity index (χ4v) is 2.89. The van der Waals surface area contributed by atoms with Gasteiger partial charge in [-0.3, -0.25) is 0 Å². The van der Waals surface area contributed by atoms with Crippen LogP contribution in [0.3, 0.4) is 0 Å². The standard InChI is InChI=1S/C10H23BOP/c1-9(2,3)7-10(4,5)13(6,11)8-12/h12H,7-8H2,1-6H3. The molecular weight excluding hydrogens is 178 g/mol. The summed E-state index contributed by atoms with van der Waals surface area (Å²) < 4.78 is 0. The van der Waals surface area contributed by atoms with Gasteiger partial charge in [-0.25, -0.2) is 7.14 Å². The third-order valence-electron chi connectivity index (χ3n) is 2.64. The first-order chi connectivity index (χ1) is 5.52. The van der Waals surface area contributed by atoms with Gasteiger partial charge in [-0.2, -0.15) is 0 Å². The van der Waals surface area contributed by atoms with Crippen molar-refractivity contribution in [2.24, 2.45) is 5.41 Å². The predicted molar refractivity (Wildman–Crippen MR) is 63.8 cm³/mol. The van der Waals surface area contributed by atoms with Crippen molar-refractivity contribution >= 4 is 14.7 Å². The Morgan fingerprint density at radius 3 is 1.77 bits per heavy atom. The maximum atomic E-state index is 9.25. The highest BCUT2D eigenvalue weighted by Gasteiger charge is 2.36. The van der Waals surface area contributed by atoms with Crippen LogP contribution in [0, 0.1) is 5.41 Å². The lowest BCUT2D eigenvalue weighted by atomic mass is 9.86. The van der Waals surface area contributed by atoms with E-state index in [-0.39, 0.29) is 16.9 Å². The molecule has 0 aliphatic heterocycles. The van der Waals surface area contributed by atoms with E-state index < -0.39 is 7.14 Å². The van der Waals surface area contributed by atoms with E-state index in [9.17, 15) is 5.11 Å². The van der Waals surface area contributed by atoms with Gasteiger partial charge in [0.05, 0.1) is 0 Å². The zero-order chi connectivity index (χ0) is 10.9. The fourth-order valence-electron chi connectivity index (χ4n) is 1.67. The van der Waals surface area contributed by atoms with E-state index in [1.165, 1.54) is 0 Å². The largest absolute Gasteiger partial charge is 0.366 e. The second kappa shape index (κ2) is 3.91. The topological polar surface area (TPSA) is 20.2 Å². The van der Waals surface area contributed by atoms with Crippen LogP contribution in [0.25, 0.3) is 0 Å². The van der Waals surface area contributed by atoms with Gasteiger partial charge in [0.15, 0.2) is 0 Å². The summed E-state index contributed by atoms with van der Waals surface area (Å²) in [5.41, 5.74) is 0.277. The highest BCUT2D eigenvalue weighted by molar-refractivity contribution is 7.97. The van der Waals surface area contributed by atoms with Crippen molar-refractivity contribution in [2.75, 3.05) is 13.0 Å².